The van der Waals surface area contributed by atoms with Gasteiger partial charge in [0.05, 0.1) is 12.5 Å². The summed E-state index contributed by atoms with van der Waals surface area (Å²) in [6.07, 6.45) is -5.36. The molecule has 0 fully saturated rings. The molecule has 1 aliphatic rings. The van der Waals surface area contributed by atoms with E-state index in [9.17, 15) is 10.2 Å². The van der Waals surface area contributed by atoms with E-state index in [1.54, 1.807) is 43.9 Å². The van der Waals surface area contributed by atoms with Crippen LogP contribution in [0.2, 0.25) is 19.6 Å². The molecule has 0 bridgehead atoms. The summed E-state index contributed by atoms with van der Waals surface area (Å²) in [5.74, 6) is -0.787. The van der Waals surface area contributed by atoms with E-state index >= 15 is 13.2 Å². The van der Waals surface area contributed by atoms with E-state index in [4.69, 9.17) is 25.5 Å². The lowest BCUT2D eigenvalue weighted by atomic mass is 9.70. The fraction of sp³-hybridized carbons (Fsp3) is 0.357. The highest BCUT2D eigenvalue weighted by Crippen LogP contribution is 2.62. The Balaban J connectivity index is 1.96. The second kappa shape index (κ2) is 10.7. The van der Waals surface area contributed by atoms with Crippen LogP contribution >= 0.6 is 11.6 Å². The second-order valence-electron chi connectivity index (χ2n) is 10.2. The largest absolute Gasteiger partial charge is 0.508 e. The first-order valence-electron chi connectivity index (χ1n) is 12.2. The number of hydrogen-bond donors (Lipinski definition) is 2. The van der Waals surface area contributed by atoms with Crippen molar-refractivity contribution in [2.24, 2.45) is 0 Å². The summed E-state index contributed by atoms with van der Waals surface area (Å²) < 4.78 is 64.7. The van der Waals surface area contributed by atoms with Gasteiger partial charge in [-0.15, -0.1) is 11.6 Å². The Morgan fingerprint density at radius 1 is 0.921 bits per heavy atom. The van der Waals surface area contributed by atoms with Crippen molar-refractivity contribution < 1.29 is 37.3 Å². The first-order valence-corrected chi connectivity index (χ1v) is 16.1. The Kier molecular flexibility index (Phi) is 7.93. The van der Waals surface area contributed by atoms with Gasteiger partial charge >= 0.3 is 6.18 Å². The molecule has 1 aliphatic heterocycles. The number of phenols is 2. The van der Waals surface area contributed by atoms with Crippen LogP contribution in [0.3, 0.4) is 0 Å². The summed E-state index contributed by atoms with van der Waals surface area (Å²) in [6.45, 7) is 5.51. The number of hydrogen-bond acceptors (Lipinski definition) is 5. The van der Waals surface area contributed by atoms with Gasteiger partial charge in [0.25, 0.3) is 0 Å². The van der Waals surface area contributed by atoms with Gasteiger partial charge in [0.2, 0.25) is 0 Å². The molecule has 1 heterocycles. The smallest absolute Gasteiger partial charge is 0.421 e. The maximum Gasteiger partial charge on any atom is 0.421 e. The number of halogens is 4. The van der Waals surface area contributed by atoms with Gasteiger partial charge < -0.3 is 24.1 Å². The highest BCUT2D eigenvalue weighted by Gasteiger charge is 2.68. The number of rotatable bonds is 8. The van der Waals surface area contributed by atoms with E-state index in [0.717, 1.165) is 0 Å². The van der Waals surface area contributed by atoms with Crippen LogP contribution in [-0.4, -0.2) is 37.2 Å². The van der Waals surface area contributed by atoms with Crippen molar-refractivity contribution in [1.82, 2.24) is 0 Å². The molecule has 0 amide bonds. The van der Waals surface area contributed by atoms with E-state index in [1.807, 2.05) is 0 Å². The van der Waals surface area contributed by atoms with Crippen molar-refractivity contribution in [3.63, 3.8) is 0 Å². The molecule has 38 heavy (non-hydrogen) atoms. The third-order valence-electron chi connectivity index (χ3n) is 6.26. The summed E-state index contributed by atoms with van der Waals surface area (Å²) in [4.78, 5) is 0. The first-order chi connectivity index (χ1) is 17.9. The molecule has 3 aromatic carbocycles. The molecule has 0 aromatic heterocycles. The minimum absolute atomic E-state index is 0.0745. The lowest BCUT2D eigenvalue weighted by Gasteiger charge is -2.51. The average Bonchev–Trinajstić information content (AvgIpc) is 2.83. The molecular formula is C28H30ClF3O5Si. The Labute approximate surface area is 225 Å². The number of ether oxygens (including phenoxy) is 2. The molecule has 4 rings (SSSR count). The third kappa shape index (κ3) is 5.60. The zero-order valence-electron chi connectivity index (χ0n) is 21.3. The molecule has 3 unspecified atom stereocenters. The van der Waals surface area contributed by atoms with Gasteiger partial charge in [-0.3, -0.25) is 0 Å². The molecule has 0 radical (unpaired) electrons. The number of benzene rings is 3. The first kappa shape index (κ1) is 28.1. The molecule has 3 aromatic rings. The predicted molar refractivity (Wildman–Crippen MR) is 142 cm³/mol. The summed E-state index contributed by atoms with van der Waals surface area (Å²) in [5.41, 5.74) is -2.25. The van der Waals surface area contributed by atoms with E-state index in [-0.39, 0.29) is 28.4 Å². The average molecular weight is 567 g/mol. The standard InChI is InChI=1S/C28H30ClF3O5Si/c1-38(2,3)37-27(28(30,31)32)23-14-11-21(34)17-24(23)36-26(25(27)18-5-9-20(33)10-6-18)19-7-12-22(13-8-19)35-16-4-15-29/h5-14,17,25-26,33-34H,4,15-16H2,1-3H3. The predicted octanol–water partition coefficient (Wildman–Crippen LogP) is 7.63. The molecular weight excluding hydrogens is 537 g/mol. The van der Waals surface area contributed by atoms with Gasteiger partial charge in [-0.25, -0.2) is 0 Å². The minimum Gasteiger partial charge on any atom is -0.508 e. The zero-order chi connectivity index (χ0) is 27.7. The SMILES string of the molecule is C[Si](C)(C)OC1(C(F)(F)F)c2ccc(O)cc2OC(c2ccc(OCCCCl)cc2)C1c1ccc(O)cc1. The summed E-state index contributed by atoms with van der Waals surface area (Å²) in [5, 5.41) is 20.1. The number of alkyl halides is 4. The van der Waals surface area contributed by atoms with Crippen LogP contribution in [0.5, 0.6) is 23.0 Å². The van der Waals surface area contributed by atoms with Crippen molar-refractivity contribution in [3.05, 3.63) is 83.4 Å². The Morgan fingerprint density at radius 2 is 1.53 bits per heavy atom. The lowest BCUT2D eigenvalue weighted by Crippen LogP contribution is -2.58. The lowest BCUT2D eigenvalue weighted by molar-refractivity contribution is -0.280. The summed E-state index contributed by atoms with van der Waals surface area (Å²) in [7, 11) is -2.87. The van der Waals surface area contributed by atoms with Gasteiger partial charge in [0.15, 0.2) is 13.9 Å². The molecule has 3 atom stereocenters. The van der Waals surface area contributed by atoms with Crippen molar-refractivity contribution in [1.29, 1.82) is 0 Å². The number of fused-ring (bicyclic) bond motifs is 1. The van der Waals surface area contributed by atoms with Crippen molar-refractivity contribution in [2.45, 2.75) is 49.9 Å². The Hall–Kier alpha value is -2.88. The van der Waals surface area contributed by atoms with Gasteiger partial charge in [0.1, 0.15) is 29.1 Å². The maximum atomic E-state index is 15.5. The zero-order valence-corrected chi connectivity index (χ0v) is 23.0. The number of aromatic hydroxyl groups is 2. The monoisotopic (exact) mass is 566 g/mol. The Bertz CT molecular complexity index is 1250. The van der Waals surface area contributed by atoms with Crippen molar-refractivity contribution in [3.8, 4) is 23.0 Å². The third-order valence-corrected chi connectivity index (χ3v) is 7.46. The molecule has 204 valence electrons. The van der Waals surface area contributed by atoms with Crippen LogP contribution < -0.4 is 9.47 Å². The summed E-state index contributed by atoms with van der Waals surface area (Å²) >= 11 is 5.71. The maximum absolute atomic E-state index is 15.5. The molecule has 0 aliphatic carbocycles. The van der Waals surface area contributed by atoms with E-state index in [1.165, 1.54) is 42.5 Å². The highest BCUT2D eigenvalue weighted by molar-refractivity contribution is 6.69. The van der Waals surface area contributed by atoms with Gasteiger partial charge in [-0.1, -0.05) is 24.3 Å². The van der Waals surface area contributed by atoms with Crippen LogP contribution in [0.15, 0.2) is 66.7 Å². The van der Waals surface area contributed by atoms with Crippen LogP contribution in [-0.2, 0) is 10.0 Å². The van der Waals surface area contributed by atoms with Crippen molar-refractivity contribution >= 4 is 19.9 Å². The fourth-order valence-electron chi connectivity index (χ4n) is 4.84. The quantitative estimate of drug-likeness (QED) is 0.167. The summed E-state index contributed by atoms with van der Waals surface area (Å²) in [6, 6.07) is 15.9. The van der Waals surface area contributed by atoms with Gasteiger partial charge in [-0.2, -0.15) is 13.2 Å². The van der Waals surface area contributed by atoms with E-state index < -0.39 is 32.1 Å². The van der Waals surface area contributed by atoms with Crippen LogP contribution in [0.4, 0.5) is 13.2 Å². The molecule has 10 heteroatoms. The van der Waals surface area contributed by atoms with Crippen LogP contribution in [0, 0.1) is 0 Å². The van der Waals surface area contributed by atoms with Gasteiger partial charge in [-0.05, 0) is 73.6 Å². The molecule has 2 N–H and O–H groups in total. The number of phenolic OH excluding ortho intramolecular Hbond substituents is 2. The second-order valence-corrected chi connectivity index (χ2v) is 15.0. The fourth-order valence-corrected chi connectivity index (χ4v) is 6.27. The topological polar surface area (TPSA) is 68.2 Å². The van der Waals surface area contributed by atoms with E-state index in [2.05, 4.69) is 0 Å². The molecule has 5 nitrogen and oxygen atoms in total. The van der Waals surface area contributed by atoms with Crippen LogP contribution in [0.25, 0.3) is 0 Å². The highest BCUT2D eigenvalue weighted by atomic mass is 35.5. The van der Waals surface area contributed by atoms with Crippen molar-refractivity contribution in [2.75, 3.05) is 12.5 Å². The molecule has 0 saturated heterocycles. The Morgan fingerprint density at radius 3 is 2.11 bits per heavy atom. The van der Waals surface area contributed by atoms with Gasteiger partial charge in [0, 0.05) is 17.5 Å². The molecule has 0 saturated carbocycles. The molecule has 0 spiro atoms. The normalized spacial score (nSPS) is 21.4. The minimum atomic E-state index is -4.87. The van der Waals surface area contributed by atoms with Crippen LogP contribution in [0.1, 0.15) is 35.1 Å². The van der Waals surface area contributed by atoms with E-state index in [0.29, 0.717) is 30.2 Å².